The van der Waals surface area contributed by atoms with Gasteiger partial charge in [0, 0.05) is 17.1 Å². The van der Waals surface area contributed by atoms with Crippen LogP contribution in [0.1, 0.15) is 19.8 Å². The molecule has 0 aromatic heterocycles. The number of fused-ring (bicyclic) bond motifs is 1. The van der Waals surface area contributed by atoms with Gasteiger partial charge in [-0.15, -0.1) is 0 Å². The molecule has 27 heavy (non-hydrogen) atoms. The van der Waals surface area contributed by atoms with Crippen molar-refractivity contribution in [2.75, 3.05) is 17.2 Å². The van der Waals surface area contributed by atoms with Gasteiger partial charge in [0.2, 0.25) is 5.91 Å². The van der Waals surface area contributed by atoms with Crippen LogP contribution in [0, 0.1) is 0 Å². The van der Waals surface area contributed by atoms with Crippen molar-refractivity contribution in [1.82, 2.24) is 0 Å². The number of benzene rings is 2. The molecule has 2 amide bonds. The molecule has 0 saturated heterocycles. The van der Waals surface area contributed by atoms with E-state index in [4.69, 9.17) is 32.7 Å². The van der Waals surface area contributed by atoms with E-state index in [1.807, 2.05) is 0 Å². The van der Waals surface area contributed by atoms with Gasteiger partial charge in [0.25, 0.3) is 5.91 Å². The fourth-order valence-corrected chi connectivity index (χ4v) is 2.98. The minimum Gasteiger partial charge on any atom is -0.492 e. The van der Waals surface area contributed by atoms with Crippen LogP contribution in [0.2, 0.25) is 10.0 Å². The molecular formula is C19H18Cl2N2O4. The summed E-state index contributed by atoms with van der Waals surface area (Å²) in [6.45, 7) is 2.02. The van der Waals surface area contributed by atoms with Crippen LogP contribution in [0.3, 0.4) is 0 Å². The summed E-state index contributed by atoms with van der Waals surface area (Å²) in [6, 6.07) is 10.1. The van der Waals surface area contributed by atoms with Gasteiger partial charge in [-0.1, -0.05) is 23.2 Å². The van der Waals surface area contributed by atoms with Crippen molar-refractivity contribution in [2.24, 2.45) is 0 Å². The normalized spacial score (nSPS) is 15.4. The summed E-state index contributed by atoms with van der Waals surface area (Å²) < 4.78 is 11.0. The third-order valence-corrected chi connectivity index (χ3v) is 4.42. The lowest BCUT2D eigenvalue weighted by Gasteiger charge is -2.23. The molecule has 0 fully saturated rings. The van der Waals surface area contributed by atoms with Crippen LogP contribution in [0.25, 0.3) is 0 Å². The summed E-state index contributed by atoms with van der Waals surface area (Å²) in [6.07, 6.45) is 0.266. The monoisotopic (exact) mass is 408 g/mol. The number of hydrogen-bond donors (Lipinski definition) is 2. The molecule has 3 rings (SSSR count). The molecular weight excluding hydrogens is 391 g/mol. The van der Waals surface area contributed by atoms with Crippen molar-refractivity contribution < 1.29 is 19.1 Å². The second kappa shape index (κ2) is 8.50. The van der Waals surface area contributed by atoms with Crippen molar-refractivity contribution in [1.29, 1.82) is 0 Å². The van der Waals surface area contributed by atoms with E-state index < -0.39 is 6.10 Å². The third kappa shape index (κ3) is 5.05. The molecule has 0 spiro atoms. The van der Waals surface area contributed by atoms with Gasteiger partial charge in [-0.2, -0.15) is 0 Å². The number of carbonyl (C=O) groups is 2. The average Bonchev–Trinajstić information content (AvgIpc) is 2.61. The zero-order valence-electron chi connectivity index (χ0n) is 14.6. The molecule has 0 aliphatic carbocycles. The van der Waals surface area contributed by atoms with Crippen molar-refractivity contribution in [3.05, 3.63) is 46.4 Å². The maximum atomic E-state index is 12.1. The molecule has 142 valence electrons. The zero-order valence-corrected chi connectivity index (χ0v) is 16.1. The Morgan fingerprint density at radius 3 is 2.85 bits per heavy atom. The molecule has 6 nitrogen and oxygen atoms in total. The quantitative estimate of drug-likeness (QED) is 0.689. The van der Waals surface area contributed by atoms with E-state index in [-0.39, 0.29) is 18.2 Å². The average molecular weight is 409 g/mol. The molecule has 1 heterocycles. The Kier molecular flexibility index (Phi) is 6.08. The molecule has 0 unspecified atom stereocenters. The molecule has 1 aliphatic heterocycles. The third-order valence-electron chi connectivity index (χ3n) is 3.89. The Labute approximate surface area is 166 Å². The highest BCUT2D eigenvalue weighted by molar-refractivity contribution is 6.35. The van der Waals surface area contributed by atoms with Gasteiger partial charge in [-0.25, -0.2) is 0 Å². The summed E-state index contributed by atoms with van der Waals surface area (Å²) in [7, 11) is 0. The van der Waals surface area contributed by atoms with Crippen LogP contribution in [0.4, 0.5) is 11.4 Å². The SMILES string of the molecule is C[C@@H]1Oc2ccc(NC(=O)CCCOc3ccc(Cl)cc3Cl)cc2NC1=O. The Hall–Kier alpha value is -2.44. The van der Waals surface area contributed by atoms with Gasteiger partial charge in [-0.05, 0) is 49.7 Å². The van der Waals surface area contributed by atoms with Crippen LogP contribution in [0.15, 0.2) is 36.4 Å². The number of rotatable bonds is 6. The number of carbonyl (C=O) groups excluding carboxylic acids is 2. The Morgan fingerprint density at radius 1 is 1.26 bits per heavy atom. The molecule has 1 aliphatic rings. The first kappa shape index (κ1) is 19.3. The lowest BCUT2D eigenvalue weighted by atomic mass is 10.2. The summed E-state index contributed by atoms with van der Waals surface area (Å²) in [5.74, 6) is 0.732. The maximum Gasteiger partial charge on any atom is 0.265 e. The Bertz CT molecular complexity index is 873. The lowest BCUT2D eigenvalue weighted by molar-refractivity contribution is -0.122. The molecule has 8 heteroatoms. The van der Waals surface area contributed by atoms with Gasteiger partial charge in [0.1, 0.15) is 11.5 Å². The molecule has 1 atom stereocenters. The minimum absolute atomic E-state index is 0.155. The van der Waals surface area contributed by atoms with E-state index in [2.05, 4.69) is 10.6 Å². The molecule has 2 N–H and O–H groups in total. The highest BCUT2D eigenvalue weighted by Gasteiger charge is 2.23. The Morgan fingerprint density at radius 2 is 2.07 bits per heavy atom. The first-order valence-electron chi connectivity index (χ1n) is 8.41. The van der Waals surface area contributed by atoms with Crippen LogP contribution in [0.5, 0.6) is 11.5 Å². The molecule has 0 bridgehead atoms. The predicted molar refractivity (Wildman–Crippen MR) is 105 cm³/mol. The summed E-state index contributed by atoms with van der Waals surface area (Å²) in [5, 5.41) is 6.50. The smallest absolute Gasteiger partial charge is 0.265 e. The van der Waals surface area contributed by atoms with Crippen molar-refractivity contribution in [3.8, 4) is 11.5 Å². The van der Waals surface area contributed by atoms with E-state index >= 15 is 0 Å². The standard InChI is InChI=1S/C19H18Cl2N2O4/c1-11-19(25)23-15-10-13(5-7-17(15)27-11)22-18(24)3-2-8-26-16-6-4-12(20)9-14(16)21/h4-7,9-11H,2-3,8H2,1H3,(H,22,24)(H,23,25)/t11-/m0/s1. The van der Waals surface area contributed by atoms with Crippen LogP contribution in [-0.2, 0) is 9.59 Å². The van der Waals surface area contributed by atoms with Crippen molar-refractivity contribution >= 4 is 46.4 Å². The molecule has 2 aromatic rings. The van der Waals surface area contributed by atoms with E-state index in [1.54, 1.807) is 43.3 Å². The zero-order chi connectivity index (χ0) is 19.4. The van der Waals surface area contributed by atoms with E-state index in [0.29, 0.717) is 45.9 Å². The number of anilines is 2. The minimum atomic E-state index is -0.535. The van der Waals surface area contributed by atoms with E-state index in [0.717, 1.165) is 0 Å². The fraction of sp³-hybridized carbons (Fsp3) is 0.263. The number of amides is 2. The van der Waals surface area contributed by atoms with E-state index in [9.17, 15) is 9.59 Å². The largest absolute Gasteiger partial charge is 0.492 e. The van der Waals surface area contributed by atoms with Gasteiger partial charge in [0.15, 0.2) is 6.10 Å². The van der Waals surface area contributed by atoms with Gasteiger partial charge in [-0.3, -0.25) is 9.59 Å². The number of nitrogens with one attached hydrogen (secondary N) is 2. The van der Waals surface area contributed by atoms with Gasteiger partial charge >= 0.3 is 0 Å². The summed E-state index contributed by atoms with van der Waals surface area (Å²) >= 11 is 11.9. The number of halogens is 2. The maximum absolute atomic E-state index is 12.1. The summed E-state index contributed by atoms with van der Waals surface area (Å²) in [5.41, 5.74) is 1.12. The number of ether oxygens (including phenoxy) is 2. The van der Waals surface area contributed by atoms with Crippen LogP contribution < -0.4 is 20.1 Å². The van der Waals surface area contributed by atoms with Gasteiger partial charge in [0.05, 0.1) is 17.3 Å². The highest BCUT2D eigenvalue weighted by Crippen LogP contribution is 2.32. The van der Waals surface area contributed by atoms with Crippen LogP contribution in [-0.4, -0.2) is 24.5 Å². The fourth-order valence-electron chi connectivity index (χ4n) is 2.52. The lowest BCUT2D eigenvalue weighted by Crippen LogP contribution is -2.34. The molecule has 0 radical (unpaired) electrons. The topological polar surface area (TPSA) is 76.7 Å². The molecule has 2 aromatic carbocycles. The van der Waals surface area contributed by atoms with Crippen LogP contribution >= 0.6 is 23.2 Å². The molecule has 0 saturated carbocycles. The summed E-state index contributed by atoms with van der Waals surface area (Å²) in [4.78, 5) is 23.8. The predicted octanol–water partition coefficient (Wildman–Crippen LogP) is 4.51. The van der Waals surface area contributed by atoms with Crippen molar-refractivity contribution in [3.63, 3.8) is 0 Å². The Balaban J connectivity index is 1.47. The second-order valence-electron chi connectivity index (χ2n) is 6.04. The first-order chi connectivity index (χ1) is 12.9. The van der Waals surface area contributed by atoms with Crippen molar-refractivity contribution in [2.45, 2.75) is 25.9 Å². The van der Waals surface area contributed by atoms with Gasteiger partial charge < -0.3 is 20.1 Å². The highest BCUT2D eigenvalue weighted by atomic mass is 35.5. The first-order valence-corrected chi connectivity index (χ1v) is 9.17. The number of hydrogen-bond acceptors (Lipinski definition) is 4. The second-order valence-corrected chi connectivity index (χ2v) is 6.88. The van der Waals surface area contributed by atoms with E-state index in [1.165, 1.54) is 0 Å².